The fraction of sp³-hybridized carbons (Fsp3) is 0.455. The summed E-state index contributed by atoms with van der Waals surface area (Å²) in [6.07, 6.45) is 0. The molecule has 0 aliphatic carbocycles. The normalized spacial score (nSPS) is 14.8. The third-order valence-electron chi connectivity index (χ3n) is 4.88. The van der Waals surface area contributed by atoms with Crippen molar-refractivity contribution in [2.75, 3.05) is 0 Å². The zero-order chi connectivity index (χ0) is 20.2. The molecule has 0 saturated heterocycles. The SMILES string of the molecule is Cc1cccc(C(C)(C)C)c1P(O)(O)(F)c1c(C)cccc1C(C)(C)C. The molecular formula is C22H32FO2P. The van der Waals surface area contributed by atoms with Gasteiger partial charge in [0.2, 0.25) is 0 Å². The minimum absolute atomic E-state index is 0.0470. The molecule has 0 bridgehead atoms. The molecule has 0 spiro atoms. The molecule has 0 unspecified atom stereocenters. The summed E-state index contributed by atoms with van der Waals surface area (Å²) < 4.78 is 16.6. The van der Waals surface area contributed by atoms with Gasteiger partial charge in [0, 0.05) is 0 Å². The molecule has 2 aromatic rings. The quantitative estimate of drug-likeness (QED) is 0.714. The summed E-state index contributed by atoms with van der Waals surface area (Å²) in [5.41, 5.74) is 1.53. The van der Waals surface area contributed by atoms with Crippen LogP contribution in [-0.2, 0) is 10.8 Å². The van der Waals surface area contributed by atoms with Gasteiger partial charge in [0.05, 0.1) is 0 Å². The van der Waals surface area contributed by atoms with Crippen LogP contribution in [0.2, 0.25) is 0 Å². The molecule has 0 aromatic heterocycles. The van der Waals surface area contributed by atoms with E-state index in [1.165, 1.54) is 0 Å². The van der Waals surface area contributed by atoms with Gasteiger partial charge in [0.1, 0.15) is 0 Å². The third kappa shape index (κ3) is 3.58. The van der Waals surface area contributed by atoms with Gasteiger partial charge in [0.15, 0.2) is 0 Å². The summed E-state index contributed by atoms with van der Waals surface area (Å²) >= 11 is 0. The molecule has 2 aromatic carbocycles. The van der Waals surface area contributed by atoms with E-state index in [2.05, 4.69) is 0 Å². The van der Waals surface area contributed by atoms with Crippen molar-refractivity contribution in [1.82, 2.24) is 0 Å². The summed E-state index contributed by atoms with van der Waals surface area (Å²) in [4.78, 5) is 22.8. The van der Waals surface area contributed by atoms with E-state index < -0.39 is 18.2 Å². The van der Waals surface area contributed by atoms with Crippen LogP contribution in [0.25, 0.3) is 0 Å². The minimum atomic E-state index is -5.86. The predicted molar refractivity (Wildman–Crippen MR) is 111 cm³/mol. The molecule has 0 heterocycles. The van der Waals surface area contributed by atoms with E-state index in [4.69, 9.17) is 0 Å². The molecule has 26 heavy (non-hydrogen) atoms. The van der Waals surface area contributed by atoms with Crippen molar-refractivity contribution in [1.29, 1.82) is 0 Å². The van der Waals surface area contributed by atoms with E-state index in [9.17, 15) is 9.79 Å². The molecule has 0 aliphatic heterocycles. The molecule has 0 aliphatic rings. The number of hydrogen-bond donors (Lipinski definition) is 2. The zero-order valence-corrected chi connectivity index (χ0v) is 18.1. The van der Waals surface area contributed by atoms with E-state index in [1.807, 2.05) is 53.7 Å². The van der Waals surface area contributed by atoms with Gasteiger partial charge in [-0.15, -0.1) is 0 Å². The summed E-state index contributed by atoms with van der Waals surface area (Å²) in [5, 5.41) is 0.0941. The van der Waals surface area contributed by atoms with Crippen molar-refractivity contribution in [3.8, 4) is 0 Å². The van der Waals surface area contributed by atoms with Crippen LogP contribution in [0, 0.1) is 13.8 Å². The molecule has 144 valence electrons. The fourth-order valence-electron chi connectivity index (χ4n) is 3.69. The molecule has 0 amide bonds. The van der Waals surface area contributed by atoms with E-state index in [-0.39, 0.29) is 10.6 Å². The number of hydrogen-bond acceptors (Lipinski definition) is 2. The van der Waals surface area contributed by atoms with Gasteiger partial charge in [0.25, 0.3) is 0 Å². The van der Waals surface area contributed by atoms with Crippen LogP contribution in [0.15, 0.2) is 36.4 Å². The van der Waals surface area contributed by atoms with Gasteiger partial charge < -0.3 is 0 Å². The number of rotatable bonds is 2. The Balaban J connectivity index is 3.01. The van der Waals surface area contributed by atoms with Gasteiger partial charge in [-0.1, -0.05) is 0 Å². The first-order chi connectivity index (χ1) is 11.6. The maximum absolute atomic E-state index is 16.6. The van der Waals surface area contributed by atoms with E-state index in [0.717, 1.165) is 0 Å². The van der Waals surface area contributed by atoms with Gasteiger partial charge in [-0.05, 0) is 0 Å². The number of benzene rings is 2. The standard InChI is InChI=1S/C22H32FO2P/c1-15-11-9-13-17(21(3,4)5)19(15)26(23,24,25)20-16(2)12-10-14-18(20)22(6,7)8/h9-14,24-25H,1-8H3. The van der Waals surface area contributed by atoms with Crippen LogP contribution in [0.5, 0.6) is 0 Å². The summed E-state index contributed by atoms with van der Waals surface area (Å²) in [5.74, 6) is 0. The molecule has 0 fully saturated rings. The molecule has 4 heteroatoms. The Hall–Kier alpha value is -1.28. The van der Waals surface area contributed by atoms with Crippen LogP contribution in [0.3, 0.4) is 0 Å². The summed E-state index contributed by atoms with van der Waals surface area (Å²) in [7, 11) is -5.86. The van der Waals surface area contributed by atoms with E-state index in [0.29, 0.717) is 22.3 Å². The molecule has 0 saturated carbocycles. The Morgan fingerprint density at radius 2 is 1.00 bits per heavy atom. The van der Waals surface area contributed by atoms with Gasteiger partial charge in [-0.3, -0.25) is 0 Å². The maximum atomic E-state index is 16.6. The number of halogens is 1. The Labute approximate surface area is 157 Å². The first-order valence-electron chi connectivity index (χ1n) is 9.00. The molecule has 0 radical (unpaired) electrons. The summed E-state index contributed by atoms with van der Waals surface area (Å²) in [6, 6.07) is 10.8. The average Bonchev–Trinajstić information content (AvgIpc) is 2.43. The monoisotopic (exact) mass is 378 g/mol. The van der Waals surface area contributed by atoms with Crippen LogP contribution in [0.4, 0.5) is 4.20 Å². The van der Waals surface area contributed by atoms with Crippen molar-refractivity contribution < 1.29 is 14.0 Å². The first kappa shape index (κ1) is 21.0. The van der Waals surface area contributed by atoms with Crippen molar-refractivity contribution in [2.45, 2.75) is 66.2 Å². The van der Waals surface area contributed by atoms with Crippen molar-refractivity contribution in [2.24, 2.45) is 0 Å². The molecule has 2 nitrogen and oxygen atoms in total. The van der Waals surface area contributed by atoms with Gasteiger partial charge >= 0.3 is 157 Å². The van der Waals surface area contributed by atoms with Crippen LogP contribution in [-0.4, -0.2) is 9.79 Å². The zero-order valence-electron chi connectivity index (χ0n) is 17.2. The molecular weight excluding hydrogens is 346 g/mol. The van der Waals surface area contributed by atoms with Crippen molar-refractivity contribution in [3.05, 3.63) is 58.7 Å². The predicted octanol–water partition coefficient (Wildman–Crippen LogP) is 5.10. The molecule has 2 N–H and O–H groups in total. The summed E-state index contributed by atoms with van der Waals surface area (Å²) in [6.45, 7) is 15.2. The van der Waals surface area contributed by atoms with Gasteiger partial charge in [-0.25, -0.2) is 0 Å². The Bertz CT molecular complexity index is 766. The van der Waals surface area contributed by atoms with Crippen molar-refractivity contribution >= 4 is 18.0 Å². The molecule has 0 atom stereocenters. The van der Waals surface area contributed by atoms with Gasteiger partial charge in [-0.2, -0.15) is 0 Å². The second kappa shape index (κ2) is 6.12. The van der Waals surface area contributed by atoms with Crippen molar-refractivity contribution in [3.63, 3.8) is 0 Å². The second-order valence-electron chi connectivity index (χ2n) is 9.36. The van der Waals surface area contributed by atoms with Crippen LogP contribution in [0.1, 0.15) is 63.8 Å². The average molecular weight is 378 g/mol. The third-order valence-corrected chi connectivity index (χ3v) is 7.66. The number of aryl methyl sites for hydroxylation is 2. The Morgan fingerprint density at radius 3 is 1.27 bits per heavy atom. The Kier molecular flexibility index (Phi) is 4.95. The van der Waals surface area contributed by atoms with E-state index >= 15 is 4.20 Å². The van der Waals surface area contributed by atoms with Crippen LogP contribution < -0.4 is 10.6 Å². The second-order valence-corrected chi connectivity index (χ2v) is 12.1. The topological polar surface area (TPSA) is 40.5 Å². The van der Waals surface area contributed by atoms with Crippen LogP contribution >= 0.6 is 7.37 Å². The Morgan fingerprint density at radius 1 is 0.692 bits per heavy atom. The first-order valence-corrected chi connectivity index (χ1v) is 11.0. The molecule has 2 rings (SSSR count). The van der Waals surface area contributed by atoms with E-state index in [1.54, 1.807) is 38.1 Å². The fourth-order valence-corrected chi connectivity index (χ4v) is 6.99.